The average molecular weight is 235 g/mol. The van der Waals surface area contributed by atoms with Gasteiger partial charge >= 0.3 is 0 Å². The van der Waals surface area contributed by atoms with Crippen molar-refractivity contribution in [2.24, 2.45) is 0 Å². The van der Waals surface area contributed by atoms with Crippen molar-refractivity contribution in [2.75, 3.05) is 19.7 Å². The standard InChI is InChI=1S/C13H21N3O/c17-8-7-16-12-5-1-4-11(12)13(15-16)10-3-2-6-14-9-10/h10,14,17H,1-9H2. The van der Waals surface area contributed by atoms with Crippen molar-refractivity contribution >= 4 is 0 Å². The molecule has 0 bridgehead atoms. The maximum Gasteiger partial charge on any atom is 0.0703 e. The molecule has 1 atom stereocenters. The van der Waals surface area contributed by atoms with Gasteiger partial charge in [-0.3, -0.25) is 4.68 Å². The van der Waals surface area contributed by atoms with E-state index in [1.54, 1.807) is 0 Å². The summed E-state index contributed by atoms with van der Waals surface area (Å²) < 4.78 is 2.05. The van der Waals surface area contributed by atoms with Crippen LogP contribution in [0.15, 0.2) is 0 Å². The lowest BCUT2D eigenvalue weighted by Gasteiger charge is -2.21. The molecule has 17 heavy (non-hydrogen) atoms. The summed E-state index contributed by atoms with van der Waals surface area (Å²) >= 11 is 0. The molecule has 0 saturated carbocycles. The minimum absolute atomic E-state index is 0.191. The van der Waals surface area contributed by atoms with E-state index >= 15 is 0 Å². The summed E-state index contributed by atoms with van der Waals surface area (Å²) in [6.45, 7) is 3.07. The zero-order chi connectivity index (χ0) is 11.7. The first kappa shape index (κ1) is 11.2. The van der Waals surface area contributed by atoms with Crippen molar-refractivity contribution in [1.82, 2.24) is 15.1 Å². The second kappa shape index (κ2) is 4.78. The predicted octanol–water partition coefficient (Wildman–Crippen LogP) is 0.831. The van der Waals surface area contributed by atoms with Crippen molar-refractivity contribution in [3.05, 3.63) is 17.0 Å². The van der Waals surface area contributed by atoms with E-state index in [1.165, 1.54) is 42.6 Å². The Morgan fingerprint density at radius 3 is 3.06 bits per heavy atom. The van der Waals surface area contributed by atoms with E-state index in [4.69, 9.17) is 10.2 Å². The molecule has 3 rings (SSSR count). The third kappa shape index (κ3) is 2.00. The maximum absolute atomic E-state index is 9.10. The van der Waals surface area contributed by atoms with Crippen molar-refractivity contribution in [3.63, 3.8) is 0 Å². The van der Waals surface area contributed by atoms with Gasteiger partial charge in [0, 0.05) is 18.2 Å². The molecule has 1 saturated heterocycles. The first-order chi connectivity index (χ1) is 8.40. The maximum atomic E-state index is 9.10. The van der Waals surface area contributed by atoms with Gasteiger partial charge in [-0.25, -0.2) is 0 Å². The van der Waals surface area contributed by atoms with E-state index in [9.17, 15) is 0 Å². The van der Waals surface area contributed by atoms with Crippen LogP contribution < -0.4 is 5.32 Å². The van der Waals surface area contributed by atoms with Crippen LogP contribution in [0, 0.1) is 0 Å². The van der Waals surface area contributed by atoms with Gasteiger partial charge in [0.15, 0.2) is 0 Å². The van der Waals surface area contributed by atoms with Gasteiger partial charge in [-0.05, 0) is 44.2 Å². The number of nitrogens with one attached hydrogen (secondary N) is 1. The van der Waals surface area contributed by atoms with Gasteiger partial charge in [-0.15, -0.1) is 0 Å². The summed E-state index contributed by atoms with van der Waals surface area (Å²) in [5.41, 5.74) is 4.20. The Bertz CT molecular complexity index is 394. The normalized spacial score (nSPS) is 23.9. The van der Waals surface area contributed by atoms with E-state index in [0.29, 0.717) is 12.5 Å². The Morgan fingerprint density at radius 2 is 2.29 bits per heavy atom. The van der Waals surface area contributed by atoms with Crippen LogP contribution in [-0.4, -0.2) is 34.6 Å². The topological polar surface area (TPSA) is 50.1 Å². The molecular formula is C13H21N3O. The van der Waals surface area contributed by atoms with Crippen LogP contribution in [0.1, 0.15) is 42.1 Å². The van der Waals surface area contributed by atoms with E-state index in [0.717, 1.165) is 19.5 Å². The van der Waals surface area contributed by atoms with Gasteiger partial charge in [0.2, 0.25) is 0 Å². The SMILES string of the molecule is OCCn1nc(C2CCCNC2)c2c1CCC2. The molecule has 4 nitrogen and oxygen atoms in total. The van der Waals surface area contributed by atoms with Crippen LogP contribution in [0.3, 0.4) is 0 Å². The summed E-state index contributed by atoms with van der Waals surface area (Å²) in [4.78, 5) is 0. The predicted molar refractivity (Wildman–Crippen MR) is 66.2 cm³/mol. The first-order valence-corrected chi connectivity index (χ1v) is 6.80. The van der Waals surface area contributed by atoms with Crippen LogP contribution in [0.4, 0.5) is 0 Å². The second-order valence-corrected chi connectivity index (χ2v) is 5.15. The van der Waals surface area contributed by atoms with E-state index in [1.807, 2.05) is 4.68 Å². The highest BCUT2D eigenvalue weighted by molar-refractivity contribution is 5.33. The summed E-state index contributed by atoms with van der Waals surface area (Å²) in [6.07, 6.45) is 6.10. The zero-order valence-corrected chi connectivity index (χ0v) is 10.3. The Hall–Kier alpha value is -0.870. The molecule has 4 heteroatoms. The Balaban J connectivity index is 1.90. The second-order valence-electron chi connectivity index (χ2n) is 5.15. The fourth-order valence-electron chi connectivity index (χ4n) is 3.23. The van der Waals surface area contributed by atoms with Gasteiger partial charge in [0.1, 0.15) is 0 Å². The largest absolute Gasteiger partial charge is 0.394 e. The van der Waals surface area contributed by atoms with Gasteiger partial charge in [-0.1, -0.05) is 0 Å². The molecule has 2 N–H and O–H groups in total. The summed E-state index contributed by atoms with van der Waals surface area (Å²) in [5, 5.41) is 17.3. The number of fused-ring (bicyclic) bond motifs is 1. The Labute approximate surface area is 102 Å². The number of aliphatic hydroxyl groups is 1. The quantitative estimate of drug-likeness (QED) is 0.816. The average Bonchev–Trinajstić information content (AvgIpc) is 2.94. The highest BCUT2D eigenvalue weighted by Gasteiger charge is 2.27. The lowest BCUT2D eigenvalue weighted by Crippen LogP contribution is -2.29. The molecule has 1 aliphatic heterocycles. The molecule has 0 radical (unpaired) electrons. The monoisotopic (exact) mass is 235 g/mol. The van der Waals surface area contributed by atoms with E-state index in [2.05, 4.69) is 5.32 Å². The van der Waals surface area contributed by atoms with Crippen LogP contribution in [0.2, 0.25) is 0 Å². The van der Waals surface area contributed by atoms with Crippen molar-refractivity contribution in [1.29, 1.82) is 0 Å². The Morgan fingerprint density at radius 1 is 1.35 bits per heavy atom. The molecule has 94 valence electrons. The van der Waals surface area contributed by atoms with Crippen molar-refractivity contribution in [2.45, 2.75) is 44.6 Å². The minimum atomic E-state index is 0.191. The summed E-state index contributed by atoms with van der Waals surface area (Å²) in [7, 11) is 0. The fraction of sp³-hybridized carbons (Fsp3) is 0.769. The molecule has 0 amide bonds. The van der Waals surface area contributed by atoms with Gasteiger partial charge < -0.3 is 10.4 Å². The molecule has 1 aromatic rings. The zero-order valence-electron chi connectivity index (χ0n) is 10.3. The van der Waals surface area contributed by atoms with Crippen molar-refractivity contribution in [3.8, 4) is 0 Å². The number of aromatic nitrogens is 2. The van der Waals surface area contributed by atoms with Gasteiger partial charge in [0.05, 0.1) is 18.8 Å². The fourth-order valence-corrected chi connectivity index (χ4v) is 3.23. The molecule has 0 spiro atoms. The minimum Gasteiger partial charge on any atom is -0.394 e. The molecule has 2 heterocycles. The lowest BCUT2D eigenvalue weighted by atomic mass is 9.93. The smallest absolute Gasteiger partial charge is 0.0703 e. The van der Waals surface area contributed by atoms with Crippen LogP contribution in [-0.2, 0) is 19.4 Å². The van der Waals surface area contributed by atoms with Crippen LogP contribution in [0.5, 0.6) is 0 Å². The highest BCUT2D eigenvalue weighted by Crippen LogP contribution is 2.32. The van der Waals surface area contributed by atoms with E-state index in [-0.39, 0.29) is 6.61 Å². The number of piperidine rings is 1. The van der Waals surface area contributed by atoms with Crippen LogP contribution >= 0.6 is 0 Å². The van der Waals surface area contributed by atoms with Crippen molar-refractivity contribution < 1.29 is 5.11 Å². The van der Waals surface area contributed by atoms with Crippen LogP contribution in [0.25, 0.3) is 0 Å². The number of aliphatic hydroxyl groups excluding tert-OH is 1. The Kier molecular flexibility index (Phi) is 3.16. The number of rotatable bonds is 3. The number of nitrogens with zero attached hydrogens (tertiary/aromatic N) is 2. The molecule has 0 aromatic carbocycles. The number of hydrogen-bond acceptors (Lipinski definition) is 3. The first-order valence-electron chi connectivity index (χ1n) is 6.80. The van der Waals surface area contributed by atoms with E-state index < -0.39 is 0 Å². The molecule has 1 fully saturated rings. The molecule has 1 unspecified atom stereocenters. The summed E-state index contributed by atoms with van der Waals surface area (Å²) in [6, 6.07) is 0. The summed E-state index contributed by atoms with van der Waals surface area (Å²) in [5.74, 6) is 0.593. The highest BCUT2D eigenvalue weighted by atomic mass is 16.3. The molecule has 1 aliphatic carbocycles. The molecular weight excluding hydrogens is 214 g/mol. The molecule has 1 aromatic heterocycles. The van der Waals surface area contributed by atoms with Gasteiger partial charge in [0.25, 0.3) is 0 Å². The lowest BCUT2D eigenvalue weighted by molar-refractivity contribution is 0.266. The number of hydrogen-bond donors (Lipinski definition) is 2. The third-order valence-corrected chi connectivity index (χ3v) is 4.03. The van der Waals surface area contributed by atoms with Gasteiger partial charge in [-0.2, -0.15) is 5.10 Å². The molecule has 2 aliphatic rings. The third-order valence-electron chi connectivity index (χ3n) is 4.03.